The van der Waals surface area contributed by atoms with Crippen LogP contribution in [0.3, 0.4) is 0 Å². The van der Waals surface area contributed by atoms with E-state index < -0.39 is 24.1 Å². The standard InChI is InChI=1S/C23H19ClF3N3O4/c1-13(31)14-10-18(24)21(28-12-14)30-8-9-33-20-17(6-3-7-19(20)30)22(32)29-15-4-2-5-16(11-15)34-23(25,26)27/h2-7,10-13,31H,8-9H2,1H3,(H,29,32). The van der Waals surface area contributed by atoms with Crippen molar-refractivity contribution in [2.24, 2.45) is 0 Å². The second kappa shape index (κ2) is 9.40. The Morgan fingerprint density at radius 1 is 1.26 bits per heavy atom. The van der Waals surface area contributed by atoms with E-state index in [1.165, 1.54) is 18.3 Å². The molecule has 2 aromatic carbocycles. The summed E-state index contributed by atoms with van der Waals surface area (Å²) in [5.74, 6) is -0.313. The number of amides is 1. The van der Waals surface area contributed by atoms with Gasteiger partial charge in [-0.1, -0.05) is 23.7 Å². The number of ether oxygens (including phenoxy) is 2. The number of benzene rings is 2. The zero-order valence-corrected chi connectivity index (χ0v) is 18.5. The van der Waals surface area contributed by atoms with E-state index in [0.29, 0.717) is 28.6 Å². The topological polar surface area (TPSA) is 83.9 Å². The summed E-state index contributed by atoms with van der Waals surface area (Å²) in [6.45, 7) is 2.25. The van der Waals surface area contributed by atoms with Gasteiger partial charge in [0, 0.05) is 23.5 Å². The van der Waals surface area contributed by atoms with Gasteiger partial charge in [-0.25, -0.2) is 4.98 Å². The lowest BCUT2D eigenvalue weighted by Gasteiger charge is -2.32. The van der Waals surface area contributed by atoms with Crippen LogP contribution in [0.4, 0.5) is 30.4 Å². The van der Waals surface area contributed by atoms with E-state index in [1.54, 1.807) is 36.1 Å². The summed E-state index contributed by atoms with van der Waals surface area (Å²) in [4.78, 5) is 19.1. The Labute approximate surface area is 197 Å². The molecule has 11 heteroatoms. The molecule has 0 saturated carbocycles. The predicted octanol–water partition coefficient (Wildman–Crippen LogP) is 5.47. The zero-order chi connectivity index (χ0) is 24.5. The fraction of sp³-hybridized carbons (Fsp3) is 0.217. The van der Waals surface area contributed by atoms with Crippen LogP contribution in [-0.2, 0) is 0 Å². The van der Waals surface area contributed by atoms with Crippen LogP contribution >= 0.6 is 11.6 Å². The molecule has 0 aliphatic carbocycles. The number of nitrogens with one attached hydrogen (secondary N) is 1. The SMILES string of the molecule is CC(O)c1cnc(N2CCOc3c(C(=O)Nc4cccc(OC(F)(F)F)c4)cccc32)c(Cl)c1. The molecule has 1 amide bonds. The Hall–Kier alpha value is -3.50. The molecule has 2 heterocycles. The highest BCUT2D eigenvalue weighted by atomic mass is 35.5. The third-order valence-corrected chi connectivity index (χ3v) is 5.28. The number of aromatic nitrogens is 1. The highest BCUT2D eigenvalue weighted by Gasteiger charge is 2.31. The van der Waals surface area contributed by atoms with Crippen molar-refractivity contribution in [2.75, 3.05) is 23.4 Å². The second-order valence-electron chi connectivity index (χ2n) is 7.43. The first-order chi connectivity index (χ1) is 16.1. The number of pyridine rings is 1. The summed E-state index contributed by atoms with van der Waals surface area (Å²) < 4.78 is 47.2. The Kier molecular flexibility index (Phi) is 6.54. The minimum atomic E-state index is -4.85. The van der Waals surface area contributed by atoms with E-state index in [9.17, 15) is 23.1 Å². The third kappa shape index (κ3) is 5.18. The van der Waals surface area contributed by atoms with Crippen LogP contribution in [0.25, 0.3) is 0 Å². The molecule has 0 spiro atoms. The number of hydrogen-bond acceptors (Lipinski definition) is 6. The predicted molar refractivity (Wildman–Crippen MR) is 120 cm³/mol. The Bertz CT molecular complexity index is 1220. The molecule has 1 aliphatic rings. The molecule has 0 radical (unpaired) electrons. The van der Waals surface area contributed by atoms with E-state index >= 15 is 0 Å². The highest BCUT2D eigenvalue weighted by Crippen LogP contribution is 2.41. The van der Waals surface area contributed by atoms with Gasteiger partial charge >= 0.3 is 6.36 Å². The number of para-hydroxylation sites is 1. The average molecular weight is 494 g/mol. The number of nitrogens with zero attached hydrogens (tertiary/aromatic N) is 2. The molecule has 7 nitrogen and oxygen atoms in total. The molecule has 2 N–H and O–H groups in total. The smallest absolute Gasteiger partial charge is 0.489 e. The van der Waals surface area contributed by atoms with Gasteiger partial charge in [-0.2, -0.15) is 0 Å². The molecule has 4 rings (SSSR count). The Morgan fingerprint density at radius 2 is 2.03 bits per heavy atom. The highest BCUT2D eigenvalue weighted by molar-refractivity contribution is 6.33. The van der Waals surface area contributed by atoms with Crippen molar-refractivity contribution >= 4 is 34.7 Å². The maximum atomic E-state index is 13.0. The van der Waals surface area contributed by atoms with Gasteiger partial charge in [0.2, 0.25) is 0 Å². The molecular formula is C23H19ClF3N3O4. The van der Waals surface area contributed by atoms with Gasteiger partial charge in [-0.15, -0.1) is 13.2 Å². The largest absolute Gasteiger partial charge is 0.573 e. The van der Waals surface area contributed by atoms with Gasteiger partial charge < -0.3 is 24.8 Å². The second-order valence-corrected chi connectivity index (χ2v) is 7.84. The fourth-order valence-corrected chi connectivity index (χ4v) is 3.77. The third-order valence-electron chi connectivity index (χ3n) is 5.00. The number of alkyl halides is 3. The van der Waals surface area contributed by atoms with Gasteiger partial charge in [-0.05, 0) is 37.3 Å². The first-order valence-electron chi connectivity index (χ1n) is 10.2. The van der Waals surface area contributed by atoms with Crippen molar-refractivity contribution in [3.63, 3.8) is 0 Å². The summed E-state index contributed by atoms with van der Waals surface area (Å²) in [6.07, 6.45) is -4.05. The number of carbonyl (C=O) groups is 1. The molecule has 1 unspecified atom stereocenters. The number of halogens is 4. The molecule has 34 heavy (non-hydrogen) atoms. The van der Waals surface area contributed by atoms with Crippen LogP contribution in [-0.4, -0.2) is 35.5 Å². The van der Waals surface area contributed by atoms with Crippen molar-refractivity contribution in [1.82, 2.24) is 4.98 Å². The molecule has 3 aromatic rings. The Morgan fingerprint density at radius 3 is 2.74 bits per heavy atom. The normalized spacial score (nSPS) is 14.1. The number of fused-ring (bicyclic) bond motifs is 1. The summed E-state index contributed by atoms with van der Waals surface area (Å²) in [5.41, 5.74) is 1.41. The van der Waals surface area contributed by atoms with Crippen molar-refractivity contribution in [3.05, 3.63) is 70.9 Å². The summed E-state index contributed by atoms with van der Waals surface area (Å²) in [7, 11) is 0. The minimum absolute atomic E-state index is 0.121. The van der Waals surface area contributed by atoms with Gasteiger partial charge in [0.25, 0.3) is 5.91 Å². The van der Waals surface area contributed by atoms with E-state index in [2.05, 4.69) is 15.0 Å². The maximum absolute atomic E-state index is 13.0. The van der Waals surface area contributed by atoms with Gasteiger partial charge in [0.1, 0.15) is 12.4 Å². The fourth-order valence-electron chi connectivity index (χ4n) is 3.49. The van der Waals surface area contributed by atoms with E-state index in [4.69, 9.17) is 16.3 Å². The van der Waals surface area contributed by atoms with Crippen LogP contribution in [0, 0.1) is 0 Å². The lowest BCUT2D eigenvalue weighted by atomic mass is 10.1. The van der Waals surface area contributed by atoms with E-state index in [-0.39, 0.29) is 23.6 Å². The number of aliphatic hydroxyl groups is 1. The van der Waals surface area contributed by atoms with Crippen molar-refractivity contribution < 1.29 is 32.5 Å². The van der Waals surface area contributed by atoms with Gasteiger partial charge in [0.05, 0.1) is 28.9 Å². The van der Waals surface area contributed by atoms with Crippen molar-refractivity contribution in [3.8, 4) is 11.5 Å². The molecule has 0 saturated heterocycles. The first-order valence-corrected chi connectivity index (χ1v) is 10.5. The number of rotatable bonds is 5. The number of anilines is 3. The number of carbonyl (C=O) groups excluding carboxylic acids is 1. The maximum Gasteiger partial charge on any atom is 0.573 e. The quantitative estimate of drug-likeness (QED) is 0.490. The van der Waals surface area contributed by atoms with Crippen molar-refractivity contribution in [2.45, 2.75) is 19.4 Å². The van der Waals surface area contributed by atoms with E-state index in [0.717, 1.165) is 12.1 Å². The van der Waals surface area contributed by atoms with Crippen LogP contribution in [0.1, 0.15) is 28.9 Å². The lowest BCUT2D eigenvalue weighted by molar-refractivity contribution is -0.274. The van der Waals surface area contributed by atoms with E-state index in [1.807, 2.05) is 0 Å². The molecule has 0 bridgehead atoms. The van der Waals surface area contributed by atoms with Crippen molar-refractivity contribution in [1.29, 1.82) is 0 Å². The summed E-state index contributed by atoms with van der Waals surface area (Å²) in [6, 6.07) is 11.5. The molecule has 1 aliphatic heterocycles. The Balaban J connectivity index is 1.62. The molecule has 1 atom stereocenters. The summed E-state index contributed by atoms with van der Waals surface area (Å²) in [5, 5.41) is 12.6. The van der Waals surface area contributed by atoms with Crippen LogP contribution in [0.15, 0.2) is 54.7 Å². The average Bonchev–Trinajstić information content (AvgIpc) is 2.77. The molecular weight excluding hydrogens is 475 g/mol. The number of aliphatic hydroxyl groups excluding tert-OH is 1. The van der Waals surface area contributed by atoms with Crippen LogP contribution in [0.5, 0.6) is 11.5 Å². The lowest BCUT2D eigenvalue weighted by Crippen LogP contribution is -2.31. The molecule has 0 fully saturated rings. The summed E-state index contributed by atoms with van der Waals surface area (Å²) >= 11 is 6.42. The number of hydrogen-bond donors (Lipinski definition) is 2. The van der Waals surface area contributed by atoms with Crippen LogP contribution in [0.2, 0.25) is 5.02 Å². The minimum Gasteiger partial charge on any atom is -0.489 e. The monoisotopic (exact) mass is 493 g/mol. The van der Waals surface area contributed by atoms with Gasteiger partial charge in [-0.3, -0.25) is 4.79 Å². The van der Waals surface area contributed by atoms with Gasteiger partial charge in [0.15, 0.2) is 11.6 Å². The first kappa shape index (κ1) is 23.7. The zero-order valence-electron chi connectivity index (χ0n) is 17.8. The molecule has 1 aromatic heterocycles. The molecule has 178 valence electrons. The van der Waals surface area contributed by atoms with Crippen LogP contribution < -0.4 is 19.7 Å².